The number of phosphoric ester groups is 1. The Kier molecular flexibility index (Phi) is 9.23. The van der Waals surface area contributed by atoms with E-state index in [1.807, 2.05) is 0 Å². The van der Waals surface area contributed by atoms with Crippen molar-refractivity contribution in [1.82, 2.24) is 0 Å². The first-order valence-electron chi connectivity index (χ1n) is 2.40. The summed E-state index contributed by atoms with van der Waals surface area (Å²) in [5, 5.41) is 8.62. The predicted octanol–water partition coefficient (Wildman–Crippen LogP) is -3.19. The van der Waals surface area contributed by atoms with Crippen LogP contribution in [0.4, 0.5) is 0 Å². The summed E-state index contributed by atoms with van der Waals surface area (Å²) in [6.07, 6.45) is -1.03. The van der Waals surface area contributed by atoms with Gasteiger partial charge < -0.3 is 16.3 Å². The number of hydrogen-bond acceptors (Lipinski definition) is 3. The Morgan fingerprint density at radius 1 is 1.64 bits per heavy atom. The molecule has 0 aliphatic heterocycles. The zero-order valence-electron chi connectivity index (χ0n) is 6.97. The fourth-order valence-electron chi connectivity index (χ4n) is 0.228. The van der Waals surface area contributed by atoms with E-state index < -0.39 is 20.5 Å². The number of alkyl halides is 1. The van der Waals surface area contributed by atoms with Crippen LogP contribution < -0.4 is 29.6 Å². The van der Waals surface area contributed by atoms with Crippen LogP contribution >= 0.6 is 19.4 Å². The van der Waals surface area contributed by atoms with Crippen LogP contribution in [0.1, 0.15) is 1.43 Å². The Balaban J connectivity index is -0.000000405. The molecule has 3 N–H and O–H groups in total. The molecule has 0 saturated carbocycles. The monoisotopic (exact) mass is 214 g/mol. The van der Waals surface area contributed by atoms with Gasteiger partial charge in [-0.1, -0.05) is 0 Å². The maximum atomic E-state index is 9.97. The Bertz CT molecular complexity index is 143. The van der Waals surface area contributed by atoms with E-state index in [-0.39, 0.29) is 36.9 Å². The molecule has 0 radical (unpaired) electrons. The van der Waals surface area contributed by atoms with Crippen molar-refractivity contribution in [3.8, 4) is 0 Å². The van der Waals surface area contributed by atoms with Crippen LogP contribution in [0.2, 0.25) is 0 Å². The average Bonchev–Trinajstić information content (AvgIpc) is 1.81. The van der Waals surface area contributed by atoms with Gasteiger partial charge in [-0.3, -0.25) is 4.52 Å². The van der Waals surface area contributed by atoms with Crippen molar-refractivity contribution in [3.63, 3.8) is 0 Å². The second kappa shape index (κ2) is 6.83. The number of rotatable bonds is 4. The third kappa shape index (κ3) is 11.4. The van der Waals surface area contributed by atoms with E-state index in [2.05, 4.69) is 4.52 Å². The summed E-state index contributed by atoms with van der Waals surface area (Å²) in [4.78, 5) is 16.2. The Hall–Kier alpha value is 1.36. The molecule has 0 rings (SSSR count). The molecule has 1 unspecified atom stereocenters. The molecule has 0 aromatic carbocycles. The van der Waals surface area contributed by atoms with Gasteiger partial charge in [-0.2, -0.15) is 0 Å². The van der Waals surface area contributed by atoms with Gasteiger partial charge in [0.05, 0.1) is 18.6 Å². The molecule has 0 fully saturated rings. The third-order valence-corrected chi connectivity index (χ3v) is 1.45. The number of hydrogen-bond donors (Lipinski definition) is 3. The first-order valence-corrected chi connectivity index (χ1v) is 4.46. The van der Waals surface area contributed by atoms with Crippen molar-refractivity contribution in [3.05, 3.63) is 0 Å². The Morgan fingerprint density at radius 2 is 2.09 bits per heavy atom. The van der Waals surface area contributed by atoms with E-state index in [0.717, 1.165) is 0 Å². The molecule has 0 heterocycles. The second-order valence-electron chi connectivity index (χ2n) is 1.59. The summed E-state index contributed by atoms with van der Waals surface area (Å²) in [5.41, 5.74) is 0. The fourth-order valence-corrected chi connectivity index (χ4v) is 0.683. The number of aliphatic hydroxyl groups excluding tert-OH is 1. The van der Waals surface area contributed by atoms with Crippen LogP contribution in [0, 0.1) is 0 Å². The topological polar surface area (TPSA) is 87.0 Å². The molecule has 11 heavy (non-hydrogen) atoms. The van der Waals surface area contributed by atoms with Crippen LogP contribution in [0.5, 0.6) is 0 Å². The van der Waals surface area contributed by atoms with Gasteiger partial charge in [-0.25, -0.2) is 4.57 Å². The van der Waals surface area contributed by atoms with Crippen molar-refractivity contribution >= 4 is 19.4 Å². The van der Waals surface area contributed by atoms with Crippen LogP contribution in [-0.2, 0) is 9.09 Å². The molecule has 0 amide bonds. The third-order valence-electron chi connectivity index (χ3n) is 0.613. The van der Waals surface area contributed by atoms with Gasteiger partial charge in [0.25, 0.3) is 0 Å². The number of halogens is 1. The van der Waals surface area contributed by atoms with Crippen molar-refractivity contribution in [2.45, 2.75) is 6.10 Å². The van der Waals surface area contributed by atoms with Gasteiger partial charge in [-0.05, 0) is 0 Å². The standard InChI is InChI=1S/C3H8ClO5P.Na.H/c4-1-3(5)2-9-10(6,7)8;;/h3,5H,1-2H2,(H2,6,7,8);;/q;+1;-1. The first-order chi connectivity index (χ1) is 4.45. The van der Waals surface area contributed by atoms with Crippen molar-refractivity contribution in [2.75, 3.05) is 12.5 Å². The molecule has 8 heteroatoms. The average molecular weight is 215 g/mol. The molecule has 0 aliphatic rings. The van der Waals surface area contributed by atoms with Crippen LogP contribution in [0.25, 0.3) is 0 Å². The van der Waals surface area contributed by atoms with E-state index in [1.54, 1.807) is 0 Å². The fraction of sp³-hybridized carbons (Fsp3) is 1.00. The summed E-state index contributed by atoms with van der Waals surface area (Å²) in [6.45, 7) is -0.451. The van der Waals surface area contributed by atoms with Crippen LogP contribution in [0.15, 0.2) is 0 Å². The normalized spacial score (nSPS) is 13.8. The maximum Gasteiger partial charge on any atom is 1.00 e. The maximum absolute atomic E-state index is 9.97. The molecule has 0 aromatic heterocycles. The molecule has 0 aliphatic carbocycles. The van der Waals surface area contributed by atoms with Crippen molar-refractivity contribution in [1.29, 1.82) is 0 Å². The minimum atomic E-state index is -4.45. The summed E-state index contributed by atoms with van der Waals surface area (Å²) in [6, 6.07) is 0. The minimum Gasteiger partial charge on any atom is -1.00 e. The zero-order valence-corrected chi connectivity index (χ0v) is 9.63. The van der Waals surface area contributed by atoms with Gasteiger partial charge in [0.15, 0.2) is 0 Å². The van der Waals surface area contributed by atoms with Gasteiger partial charge >= 0.3 is 37.4 Å². The van der Waals surface area contributed by atoms with E-state index in [0.29, 0.717) is 0 Å². The summed E-state index contributed by atoms with van der Waals surface area (Å²) < 4.78 is 13.9. The Labute approximate surface area is 92.7 Å². The molecule has 64 valence electrons. The smallest absolute Gasteiger partial charge is 1.00 e. The van der Waals surface area contributed by atoms with Crippen molar-refractivity contribution < 1.29 is 55.0 Å². The second-order valence-corrected chi connectivity index (χ2v) is 3.14. The quantitative estimate of drug-likeness (QED) is 0.261. The number of phosphoric acid groups is 1. The van der Waals surface area contributed by atoms with E-state index in [1.165, 1.54) is 0 Å². The molecular weight excluding hydrogens is 205 g/mol. The molecule has 1 atom stereocenters. The summed E-state index contributed by atoms with van der Waals surface area (Å²) >= 11 is 5.10. The van der Waals surface area contributed by atoms with Gasteiger partial charge in [0.2, 0.25) is 0 Å². The molecule has 0 saturated heterocycles. The molecule has 5 nitrogen and oxygen atoms in total. The summed E-state index contributed by atoms with van der Waals surface area (Å²) in [7, 11) is -4.45. The predicted molar refractivity (Wildman–Crippen MR) is 35.8 cm³/mol. The largest absolute Gasteiger partial charge is 1.00 e. The van der Waals surface area contributed by atoms with Gasteiger partial charge in [0.1, 0.15) is 0 Å². The van der Waals surface area contributed by atoms with E-state index in [9.17, 15) is 4.57 Å². The van der Waals surface area contributed by atoms with E-state index in [4.69, 9.17) is 26.5 Å². The zero-order chi connectivity index (χ0) is 8.20. The van der Waals surface area contributed by atoms with Crippen LogP contribution in [-0.4, -0.2) is 33.5 Å². The first kappa shape index (κ1) is 14.9. The molecule has 0 bridgehead atoms. The summed E-state index contributed by atoms with van der Waals surface area (Å²) in [5.74, 6) is -0.111. The number of aliphatic hydroxyl groups is 1. The molecule has 0 spiro atoms. The SMILES string of the molecule is O=P(O)(O)OCC(O)CCl.[H-].[Na+]. The van der Waals surface area contributed by atoms with Crippen molar-refractivity contribution in [2.24, 2.45) is 0 Å². The Morgan fingerprint density at radius 3 is 2.36 bits per heavy atom. The van der Waals surface area contributed by atoms with Gasteiger partial charge in [0, 0.05) is 0 Å². The molecule has 0 aromatic rings. The van der Waals surface area contributed by atoms with E-state index >= 15 is 0 Å². The minimum absolute atomic E-state index is 0. The molecular formula is C3H9ClNaO5P. The van der Waals surface area contributed by atoms with Crippen LogP contribution in [0.3, 0.4) is 0 Å². The van der Waals surface area contributed by atoms with Gasteiger partial charge in [-0.15, -0.1) is 11.6 Å².